The molecule has 0 bridgehead atoms. The molecular formula is C15H32Cl2N4O2. The lowest BCUT2D eigenvalue weighted by Crippen LogP contribution is -2.47. The summed E-state index contributed by atoms with van der Waals surface area (Å²) < 4.78 is 0. The smallest absolute Gasteiger partial charge is 0.239 e. The van der Waals surface area contributed by atoms with Gasteiger partial charge in [0.25, 0.3) is 0 Å². The second kappa shape index (κ2) is 12.8. The topological polar surface area (TPSA) is 87.5 Å². The molecule has 0 saturated heterocycles. The van der Waals surface area contributed by atoms with Gasteiger partial charge in [-0.15, -0.1) is 24.8 Å². The molecule has 0 spiro atoms. The molecule has 6 nitrogen and oxygen atoms in total. The molecule has 1 saturated carbocycles. The number of carbonyl (C=O) groups is 2. The van der Waals surface area contributed by atoms with E-state index in [0.717, 1.165) is 6.54 Å². The van der Waals surface area contributed by atoms with Gasteiger partial charge in [-0.25, -0.2) is 0 Å². The third kappa shape index (κ3) is 9.35. The van der Waals surface area contributed by atoms with Crippen LogP contribution in [0.15, 0.2) is 0 Å². The average Bonchev–Trinajstić information content (AvgIpc) is 2.97. The summed E-state index contributed by atoms with van der Waals surface area (Å²) in [6.07, 6.45) is 5.13. The molecule has 138 valence electrons. The average molecular weight is 371 g/mol. The first-order valence-electron chi connectivity index (χ1n) is 7.92. The molecule has 0 unspecified atom stereocenters. The summed E-state index contributed by atoms with van der Waals surface area (Å²) in [6, 6.07) is 0.0944. The maximum absolute atomic E-state index is 11.7. The zero-order valence-corrected chi connectivity index (χ0v) is 16.0. The van der Waals surface area contributed by atoms with Crippen molar-refractivity contribution in [1.29, 1.82) is 0 Å². The first kappa shape index (κ1) is 24.7. The van der Waals surface area contributed by atoms with Crippen molar-refractivity contribution in [3.05, 3.63) is 0 Å². The number of carbonyl (C=O) groups excluding carboxylic acids is 2. The van der Waals surface area contributed by atoms with Gasteiger partial charge in [0.1, 0.15) is 0 Å². The van der Waals surface area contributed by atoms with Crippen LogP contribution < -0.4 is 16.4 Å². The van der Waals surface area contributed by atoms with Crippen molar-refractivity contribution in [3.8, 4) is 0 Å². The number of hydrogen-bond donors (Lipinski definition) is 3. The molecule has 1 rings (SSSR count). The van der Waals surface area contributed by atoms with Crippen molar-refractivity contribution >= 4 is 36.6 Å². The number of amides is 2. The molecule has 2 amide bonds. The van der Waals surface area contributed by atoms with Crippen LogP contribution in [0.1, 0.15) is 39.5 Å². The quantitative estimate of drug-likeness (QED) is 0.592. The Kier molecular flexibility index (Phi) is 13.8. The Labute approximate surface area is 152 Å². The summed E-state index contributed by atoms with van der Waals surface area (Å²) >= 11 is 0. The van der Waals surface area contributed by atoms with Gasteiger partial charge in [-0.3, -0.25) is 9.59 Å². The molecule has 23 heavy (non-hydrogen) atoms. The van der Waals surface area contributed by atoms with Crippen LogP contribution in [0, 0.1) is 5.92 Å². The lowest BCUT2D eigenvalue weighted by atomic mass is 10.1. The molecule has 0 heterocycles. The van der Waals surface area contributed by atoms with E-state index < -0.39 is 6.04 Å². The minimum atomic E-state index is -0.564. The fraction of sp³-hybridized carbons (Fsp3) is 0.867. The van der Waals surface area contributed by atoms with E-state index in [1.807, 2.05) is 13.8 Å². The Hall–Kier alpha value is -0.560. The Morgan fingerprint density at radius 1 is 1.17 bits per heavy atom. The van der Waals surface area contributed by atoms with E-state index in [1.54, 1.807) is 0 Å². The predicted octanol–water partition coefficient (Wildman–Crippen LogP) is 0.920. The monoisotopic (exact) mass is 370 g/mol. The molecule has 0 aromatic heterocycles. The van der Waals surface area contributed by atoms with E-state index in [9.17, 15) is 9.59 Å². The Balaban J connectivity index is 0. The van der Waals surface area contributed by atoms with Gasteiger partial charge in [-0.1, -0.05) is 26.7 Å². The molecule has 1 aliphatic carbocycles. The first-order chi connectivity index (χ1) is 9.91. The van der Waals surface area contributed by atoms with Gasteiger partial charge in [0.2, 0.25) is 11.8 Å². The number of nitrogens with one attached hydrogen (secondary N) is 2. The van der Waals surface area contributed by atoms with E-state index >= 15 is 0 Å². The molecule has 0 aliphatic heterocycles. The highest BCUT2D eigenvalue weighted by atomic mass is 35.5. The van der Waals surface area contributed by atoms with Crippen LogP contribution in [0.5, 0.6) is 0 Å². The Bertz CT molecular complexity index is 350. The number of rotatable bonds is 8. The highest BCUT2D eigenvalue weighted by molar-refractivity contribution is 5.87. The van der Waals surface area contributed by atoms with E-state index in [-0.39, 0.29) is 49.1 Å². The molecule has 0 aromatic rings. The van der Waals surface area contributed by atoms with Gasteiger partial charge in [0.15, 0.2) is 0 Å². The summed E-state index contributed by atoms with van der Waals surface area (Å²) in [7, 11) is 2.10. The largest absolute Gasteiger partial charge is 0.353 e. The maximum Gasteiger partial charge on any atom is 0.239 e. The third-order valence-electron chi connectivity index (χ3n) is 4.18. The molecule has 1 aliphatic rings. The van der Waals surface area contributed by atoms with Crippen LogP contribution in [-0.4, -0.2) is 55.5 Å². The molecular weight excluding hydrogens is 339 g/mol. The van der Waals surface area contributed by atoms with Crippen LogP contribution in [0.3, 0.4) is 0 Å². The summed E-state index contributed by atoms with van der Waals surface area (Å²) in [5.41, 5.74) is 5.71. The van der Waals surface area contributed by atoms with Crippen molar-refractivity contribution in [3.63, 3.8) is 0 Å². The van der Waals surface area contributed by atoms with Crippen LogP contribution in [0.2, 0.25) is 0 Å². The van der Waals surface area contributed by atoms with Gasteiger partial charge >= 0.3 is 0 Å². The van der Waals surface area contributed by atoms with E-state index in [0.29, 0.717) is 12.6 Å². The molecule has 1 atom stereocenters. The minimum absolute atomic E-state index is 0. The standard InChI is InChI=1S/C15H30N4O2.2ClH/c1-11(2)14(16)15(21)18-10-13(20)17-8-9-19(3)12-6-4-5-7-12;;/h11-12,14H,4-10,16H2,1-3H3,(H,17,20)(H,18,21);2*1H/t14-;;/m0../s1. The summed E-state index contributed by atoms with van der Waals surface area (Å²) in [5, 5.41) is 5.39. The normalized spacial score (nSPS) is 15.7. The SMILES string of the molecule is CC(C)[C@H](N)C(=O)NCC(=O)NCCN(C)C1CCCC1.Cl.Cl. The van der Waals surface area contributed by atoms with Crippen LogP contribution in [0.25, 0.3) is 0 Å². The fourth-order valence-electron chi connectivity index (χ4n) is 2.55. The molecule has 8 heteroatoms. The number of nitrogens with two attached hydrogens (primary N) is 1. The van der Waals surface area contributed by atoms with Gasteiger partial charge in [-0.2, -0.15) is 0 Å². The van der Waals surface area contributed by atoms with Gasteiger partial charge in [-0.05, 0) is 25.8 Å². The van der Waals surface area contributed by atoms with Crippen LogP contribution in [-0.2, 0) is 9.59 Å². The minimum Gasteiger partial charge on any atom is -0.353 e. The summed E-state index contributed by atoms with van der Waals surface area (Å²) in [6.45, 7) is 5.20. The zero-order valence-electron chi connectivity index (χ0n) is 14.3. The highest BCUT2D eigenvalue weighted by Crippen LogP contribution is 2.21. The number of halogens is 2. The van der Waals surface area contributed by atoms with Gasteiger partial charge in [0, 0.05) is 19.1 Å². The second-order valence-electron chi connectivity index (χ2n) is 6.26. The number of hydrogen-bond acceptors (Lipinski definition) is 4. The summed E-state index contributed by atoms with van der Waals surface area (Å²) in [4.78, 5) is 25.6. The number of likely N-dealkylation sites (N-methyl/N-ethyl adjacent to an activating group) is 1. The predicted molar refractivity (Wildman–Crippen MR) is 98.2 cm³/mol. The molecule has 1 fully saturated rings. The van der Waals surface area contributed by atoms with Crippen molar-refractivity contribution in [1.82, 2.24) is 15.5 Å². The number of nitrogens with zero attached hydrogens (tertiary/aromatic N) is 1. The van der Waals surface area contributed by atoms with Gasteiger partial charge in [0.05, 0.1) is 12.6 Å². The first-order valence-corrected chi connectivity index (χ1v) is 7.92. The van der Waals surface area contributed by atoms with E-state index in [4.69, 9.17) is 5.73 Å². The van der Waals surface area contributed by atoms with Crippen LogP contribution >= 0.6 is 24.8 Å². The summed E-state index contributed by atoms with van der Waals surface area (Å²) in [5.74, 6) is -0.379. The molecule has 0 radical (unpaired) electrons. The van der Waals surface area contributed by atoms with Gasteiger partial charge < -0.3 is 21.3 Å². The molecule has 0 aromatic carbocycles. The maximum atomic E-state index is 11.7. The third-order valence-corrected chi connectivity index (χ3v) is 4.18. The Morgan fingerprint density at radius 2 is 1.74 bits per heavy atom. The second-order valence-corrected chi connectivity index (χ2v) is 6.26. The van der Waals surface area contributed by atoms with Crippen molar-refractivity contribution < 1.29 is 9.59 Å². The lowest BCUT2D eigenvalue weighted by molar-refractivity contribution is -0.127. The Morgan fingerprint density at radius 3 is 2.26 bits per heavy atom. The van der Waals surface area contributed by atoms with Crippen LogP contribution in [0.4, 0.5) is 0 Å². The van der Waals surface area contributed by atoms with E-state index in [2.05, 4.69) is 22.6 Å². The fourth-order valence-corrected chi connectivity index (χ4v) is 2.55. The van der Waals surface area contributed by atoms with E-state index in [1.165, 1.54) is 25.7 Å². The van der Waals surface area contributed by atoms with Crippen molar-refractivity contribution in [2.75, 3.05) is 26.7 Å². The highest BCUT2D eigenvalue weighted by Gasteiger charge is 2.19. The van der Waals surface area contributed by atoms with Crippen molar-refractivity contribution in [2.45, 2.75) is 51.6 Å². The zero-order chi connectivity index (χ0) is 15.8. The molecule has 4 N–H and O–H groups in total. The lowest BCUT2D eigenvalue weighted by Gasteiger charge is -2.24. The van der Waals surface area contributed by atoms with Crippen molar-refractivity contribution in [2.24, 2.45) is 11.7 Å².